The van der Waals surface area contributed by atoms with Crippen LogP contribution in [0, 0.1) is 23.2 Å². The van der Waals surface area contributed by atoms with Gasteiger partial charge in [0.2, 0.25) is 5.91 Å². The van der Waals surface area contributed by atoms with Crippen molar-refractivity contribution in [2.75, 3.05) is 13.7 Å². The summed E-state index contributed by atoms with van der Waals surface area (Å²) in [7, 11) is 1.58. The van der Waals surface area contributed by atoms with Gasteiger partial charge >= 0.3 is 0 Å². The molecule has 0 spiro atoms. The summed E-state index contributed by atoms with van der Waals surface area (Å²) in [5.41, 5.74) is 1.22. The predicted octanol–water partition coefficient (Wildman–Crippen LogP) is 3.71. The topological polar surface area (TPSA) is 109 Å². The Kier molecular flexibility index (Phi) is 8.62. The number of methoxy groups -OCH3 is 1. The molecule has 1 saturated heterocycles. The van der Waals surface area contributed by atoms with Gasteiger partial charge in [0.1, 0.15) is 17.1 Å². The molecule has 0 bridgehead atoms. The lowest BCUT2D eigenvalue weighted by Crippen LogP contribution is -2.48. The normalized spacial score (nSPS) is 21.5. The summed E-state index contributed by atoms with van der Waals surface area (Å²) in [4.78, 5) is 39.3. The average molecular weight is 467 g/mol. The number of carbonyl (C=O) groups is 3. The molecule has 4 atom stereocenters. The molecule has 0 aromatic heterocycles. The number of nitriles is 1. The number of ketones is 2. The number of epoxide rings is 1. The van der Waals surface area contributed by atoms with E-state index in [9.17, 15) is 14.4 Å². The van der Waals surface area contributed by atoms with Crippen LogP contribution in [0.25, 0.3) is 0 Å². The largest absolute Gasteiger partial charge is 0.497 e. The van der Waals surface area contributed by atoms with Crippen molar-refractivity contribution in [3.63, 3.8) is 0 Å². The number of carbonyl (C=O) groups excluding carboxylic acids is 3. The second-order valence-electron chi connectivity index (χ2n) is 9.59. The number of nitrogens with zero attached hydrogens (tertiary/aromatic N) is 1. The van der Waals surface area contributed by atoms with Crippen LogP contribution in [0.1, 0.15) is 57.9 Å². The standard InChI is InChI=1S/C27H34N2O5/c1-18(12-13-28)24(30)16-21(14-20-8-10-22(33-3)11-9-20)26(32)29-23(15-19-6-4-5-7-19)25(31)27(2)17-34-27/h6,8-11,18,21,23H,4-5,7,12,14-17H2,1-3H3,(H,29,32)/t18-,21+,23-,27+/m0/s1. The minimum Gasteiger partial charge on any atom is -0.497 e. The van der Waals surface area contributed by atoms with E-state index in [0.717, 1.165) is 24.8 Å². The summed E-state index contributed by atoms with van der Waals surface area (Å²) in [6, 6.07) is 8.70. The van der Waals surface area contributed by atoms with Crippen molar-refractivity contribution in [1.29, 1.82) is 5.26 Å². The minimum atomic E-state index is -0.848. The number of nitrogens with one attached hydrogen (secondary N) is 1. The molecule has 0 unspecified atom stereocenters. The van der Waals surface area contributed by atoms with Gasteiger partial charge in [-0.05, 0) is 56.7 Å². The first-order chi connectivity index (χ1) is 16.3. The molecule has 1 fully saturated rings. The number of ether oxygens (including phenoxy) is 2. The Morgan fingerprint density at radius 1 is 1.24 bits per heavy atom. The van der Waals surface area contributed by atoms with E-state index >= 15 is 0 Å². The molecule has 1 heterocycles. The highest BCUT2D eigenvalue weighted by molar-refractivity contribution is 5.97. The van der Waals surface area contributed by atoms with E-state index in [-0.39, 0.29) is 30.3 Å². The molecule has 182 valence electrons. The molecule has 1 amide bonds. The first-order valence-corrected chi connectivity index (χ1v) is 11.9. The lowest BCUT2D eigenvalue weighted by molar-refractivity contribution is -0.134. The molecule has 7 nitrogen and oxygen atoms in total. The molecule has 1 aromatic rings. The predicted molar refractivity (Wildman–Crippen MR) is 127 cm³/mol. The van der Waals surface area contributed by atoms with Crippen LogP contribution < -0.4 is 10.1 Å². The van der Waals surface area contributed by atoms with E-state index in [2.05, 4.69) is 11.4 Å². The fourth-order valence-electron chi connectivity index (χ4n) is 4.30. The van der Waals surface area contributed by atoms with Crippen LogP contribution in [0.15, 0.2) is 35.9 Å². The molecule has 1 aromatic carbocycles. The maximum Gasteiger partial charge on any atom is 0.224 e. The van der Waals surface area contributed by atoms with Crippen molar-refractivity contribution in [2.24, 2.45) is 11.8 Å². The van der Waals surface area contributed by atoms with Crippen LogP contribution in [0.2, 0.25) is 0 Å². The van der Waals surface area contributed by atoms with Gasteiger partial charge in [0.05, 0.1) is 25.8 Å². The van der Waals surface area contributed by atoms with Crippen molar-refractivity contribution in [2.45, 2.75) is 70.4 Å². The van der Waals surface area contributed by atoms with Gasteiger partial charge in [-0.25, -0.2) is 0 Å². The lowest BCUT2D eigenvalue weighted by Gasteiger charge is -2.24. The zero-order chi connectivity index (χ0) is 24.7. The molecular weight excluding hydrogens is 432 g/mol. The summed E-state index contributed by atoms with van der Waals surface area (Å²) >= 11 is 0. The molecule has 0 radical (unpaired) electrons. The Balaban J connectivity index is 1.78. The van der Waals surface area contributed by atoms with E-state index in [1.807, 2.05) is 30.3 Å². The second kappa shape index (κ2) is 11.4. The Hall–Kier alpha value is -2.98. The van der Waals surface area contributed by atoms with Crippen LogP contribution in [-0.4, -0.2) is 42.8 Å². The van der Waals surface area contributed by atoms with Gasteiger partial charge < -0.3 is 14.8 Å². The average Bonchev–Trinajstić information content (AvgIpc) is 3.37. The Labute approximate surface area is 201 Å². The van der Waals surface area contributed by atoms with Crippen molar-refractivity contribution in [3.8, 4) is 11.8 Å². The summed E-state index contributed by atoms with van der Waals surface area (Å²) in [5.74, 6) is -0.972. The molecular formula is C27H34N2O5. The van der Waals surface area contributed by atoms with Crippen molar-refractivity contribution >= 4 is 17.5 Å². The van der Waals surface area contributed by atoms with Gasteiger partial charge in [-0.3, -0.25) is 14.4 Å². The summed E-state index contributed by atoms with van der Waals surface area (Å²) < 4.78 is 10.6. The van der Waals surface area contributed by atoms with Crippen LogP contribution in [-0.2, 0) is 25.5 Å². The molecule has 3 rings (SSSR count). The second-order valence-corrected chi connectivity index (χ2v) is 9.59. The Morgan fingerprint density at radius 3 is 2.50 bits per heavy atom. The summed E-state index contributed by atoms with van der Waals surface area (Å²) in [6.45, 7) is 3.81. The smallest absolute Gasteiger partial charge is 0.224 e. The number of benzene rings is 1. The van der Waals surface area contributed by atoms with Gasteiger partial charge in [-0.15, -0.1) is 0 Å². The maximum atomic E-state index is 13.5. The molecule has 1 N–H and O–H groups in total. The number of amides is 1. The number of allylic oxidation sites excluding steroid dienone is 1. The SMILES string of the molecule is COc1ccc(C[C@H](CC(=O)[C@@H](C)CC#N)C(=O)N[C@@H](CC2=CCCC2)C(=O)[C@@]2(C)CO2)cc1. The zero-order valence-electron chi connectivity index (χ0n) is 20.3. The first kappa shape index (κ1) is 25.6. The molecule has 0 saturated carbocycles. The summed E-state index contributed by atoms with van der Waals surface area (Å²) in [6.07, 6.45) is 6.06. The van der Waals surface area contributed by atoms with E-state index in [4.69, 9.17) is 14.7 Å². The fourth-order valence-corrected chi connectivity index (χ4v) is 4.30. The quantitative estimate of drug-likeness (QED) is 0.351. The van der Waals surface area contributed by atoms with Crippen LogP contribution >= 0.6 is 0 Å². The highest BCUT2D eigenvalue weighted by Gasteiger charge is 2.50. The van der Waals surface area contributed by atoms with E-state index in [1.165, 1.54) is 5.57 Å². The van der Waals surface area contributed by atoms with Gasteiger partial charge in [0.25, 0.3) is 0 Å². The molecule has 7 heteroatoms. The zero-order valence-corrected chi connectivity index (χ0v) is 20.3. The number of hydrogen-bond acceptors (Lipinski definition) is 6. The summed E-state index contributed by atoms with van der Waals surface area (Å²) in [5, 5.41) is 11.9. The first-order valence-electron chi connectivity index (χ1n) is 11.9. The van der Waals surface area contributed by atoms with Crippen molar-refractivity contribution in [1.82, 2.24) is 5.32 Å². The van der Waals surface area contributed by atoms with E-state index < -0.39 is 23.5 Å². The van der Waals surface area contributed by atoms with E-state index in [1.54, 1.807) is 21.0 Å². The van der Waals surface area contributed by atoms with Crippen LogP contribution in [0.4, 0.5) is 0 Å². The van der Waals surface area contributed by atoms with Gasteiger partial charge in [0.15, 0.2) is 5.78 Å². The van der Waals surface area contributed by atoms with Crippen LogP contribution in [0.3, 0.4) is 0 Å². The van der Waals surface area contributed by atoms with Crippen molar-refractivity contribution < 1.29 is 23.9 Å². The van der Waals surface area contributed by atoms with Crippen molar-refractivity contribution in [3.05, 3.63) is 41.5 Å². The molecule has 34 heavy (non-hydrogen) atoms. The molecule has 1 aliphatic heterocycles. The van der Waals surface area contributed by atoms with Gasteiger partial charge in [-0.1, -0.05) is 30.7 Å². The minimum absolute atomic E-state index is 0.0120. The highest BCUT2D eigenvalue weighted by Crippen LogP contribution is 2.31. The Morgan fingerprint density at radius 2 is 1.94 bits per heavy atom. The number of rotatable bonds is 13. The van der Waals surface area contributed by atoms with Gasteiger partial charge in [0, 0.05) is 24.7 Å². The molecule has 1 aliphatic carbocycles. The van der Waals surface area contributed by atoms with E-state index in [0.29, 0.717) is 25.2 Å². The van der Waals surface area contributed by atoms with Crippen LogP contribution in [0.5, 0.6) is 5.75 Å². The highest BCUT2D eigenvalue weighted by atomic mass is 16.6. The Bertz CT molecular complexity index is 972. The third kappa shape index (κ3) is 6.77. The maximum absolute atomic E-state index is 13.5. The fraction of sp³-hybridized carbons (Fsp3) is 0.556. The number of Topliss-reactive ketones (excluding diaryl/α,β-unsaturated/α-hetero) is 2. The molecule has 2 aliphatic rings. The third-order valence-corrected chi connectivity index (χ3v) is 6.74. The third-order valence-electron chi connectivity index (χ3n) is 6.74. The lowest BCUT2D eigenvalue weighted by atomic mass is 9.88. The number of hydrogen-bond donors (Lipinski definition) is 1. The monoisotopic (exact) mass is 466 g/mol. The van der Waals surface area contributed by atoms with Gasteiger partial charge in [-0.2, -0.15) is 5.26 Å².